The van der Waals surface area contributed by atoms with Crippen LogP contribution < -0.4 is 4.74 Å². The number of methoxy groups -OCH3 is 1. The monoisotopic (exact) mass is 351 g/mol. The van der Waals surface area contributed by atoms with E-state index in [0.29, 0.717) is 5.75 Å². The molecule has 2 heterocycles. The van der Waals surface area contributed by atoms with Crippen molar-refractivity contribution in [2.24, 2.45) is 0 Å². The number of hydrogen-bond acceptors (Lipinski definition) is 4. The highest BCUT2D eigenvalue weighted by atomic mass is 16.5. The number of phenolic OH excluding ortho intramolecular Hbond substituents is 1. The molecule has 6 nitrogen and oxygen atoms in total. The minimum atomic E-state index is -0.0195. The number of nitrogens with one attached hydrogen (secondary N) is 1. The zero-order valence-corrected chi connectivity index (χ0v) is 14.6. The van der Waals surface area contributed by atoms with E-state index in [0.717, 1.165) is 41.8 Å². The van der Waals surface area contributed by atoms with Crippen molar-refractivity contribution in [1.29, 1.82) is 0 Å². The van der Waals surface area contributed by atoms with Crippen LogP contribution >= 0.6 is 0 Å². The Labute approximate surface area is 151 Å². The summed E-state index contributed by atoms with van der Waals surface area (Å²) >= 11 is 0. The summed E-state index contributed by atoms with van der Waals surface area (Å²) in [6, 6.07) is 12.9. The predicted molar refractivity (Wildman–Crippen MR) is 98.1 cm³/mol. The molecule has 0 saturated carbocycles. The lowest BCUT2D eigenvalue weighted by Crippen LogP contribution is -2.32. The van der Waals surface area contributed by atoms with Gasteiger partial charge in [-0.25, -0.2) is 4.98 Å². The van der Waals surface area contributed by atoms with Gasteiger partial charge in [-0.3, -0.25) is 4.79 Å². The second-order valence-electron chi connectivity index (χ2n) is 6.57. The fourth-order valence-corrected chi connectivity index (χ4v) is 3.59. The van der Waals surface area contributed by atoms with Gasteiger partial charge in [0.1, 0.15) is 5.82 Å². The number of nitrogens with zero attached hydrogens (tertiary/aromatic N) is 2. The number of aromatic nitrogens is 2. The third-order valence-corrected chi connectivity index (χ3v) is 4.90. The molecule has 1 aliphatic rings. The number of phenols is 1. The first-order chi connectivity index (χ1) is 12.7. The molecule has 1 amide bonds. The molecule has 0 bridgehead atoms. The van der Waals surface area contributed by atoms with Crippen molar-refractivity contribution in [3.63, 3.8) is 0 Å². The Morgan fingerprint density at radius 1 is 1.35 bits per heavy atom. The van der Waals surface area contributed by atoms with Crippen LogP contribution in [-0.2, 0) is 11.2 Å². The number of H-pyrrole nitrogens is 1. The molecule has 3 aromatic rings. The zero-order chi connectivity index (χ0) is 18.1. The summed E-state index contributed by atoms with van der Waals surface area (Å²) in [6.45, 7) is 0.732. The third-order valence-electron chi connectivity index (χ3n) is 4.90. The third kappa shape index (κ3) is 2.98. The number of hydrogen-bond donors (Lipinski definition) is 2. The zero-order valence-electron chi connectivity index (χ0n) is 14.6. The standard InChI is InChI=1S/C20H21N3O3/c1-26-18-11-13(8-9-17(18)24)12-19(25)23-10-4-7-16(23)20-21-14-5-2-3-6-15(14)22-20/h2-3,5-6,8-9,11,16,24H,4,7,10,12H2,1H3,(H,21,22). The van der Waals surface area contributed by atoms with Crippen molar-refractivity contribution >= 4 is 16.9 Å². The number of carbonyl (C=O) groups is 1. The highest BCUT2D eigenvalue weighted by molar-refractivity contribution is 5.80. The minimum absolute atomic E-state index is 0.0195. The SMILES string of the molecule is COc1cc(CC(=O)N2CCCC2c2nc3ccccc3[nH]2)ccc1O. The Balaban J connectivity index is 1.55. The Bertz CT molecular complexity index is 917. The first kappa shape index (κ1) is 16.4. The Kier molecular flexibility index (Phi) is 4.24. The molecule has 0 aliphatic carbocycles. The number of imidazole rings is 1. The lowest BCUT2D eigenvalue weighted by Gasteiger charge is -2.23. The molecule has 1 unspecified atom stereocenters. The van der Waals surface area contributed by atoms with Gasteiger partial charge in [0.25, 0.3) is 0 Å². The van der Waals surface area contributed by atoms with Gasteiger partial charge in [-0.1, -0.05) is 18.2 Å². The highest BCUT2D eigenvalue weighted by Crippen LogP contribution is 2.32. The Morgan fingerprint density at radius 3 is 3.00 bits per heavy atom. The van der Waals surface area contributed by atoms with Gasteiger partial charge in [-0.05, 0) is 42.7 Å². The number of benzene rings is 2. The second-order valence-corrected chi connectivity index (χ2v) is 6.57. The van der Waals surface area contributed by atoms with Crippen molar-refractivity contribution in [1.82, 2.24) is 14.9 Å². The molecule has 1 fully saturated rings. The van der Waals surface area contributed by atoms with E-state index in [-0.39, 0.29) is 24.1 Å². The topological polar surface area (TPSA) is 78.5 Å². The summed E-state index contributed by atoms with van der Waals surface area (Å²) in [5, 5.41) is 9.71. The summed E-state index contributed by atoms with van der Waals surface area (Å²) in [5.74, 6) is 1.36. The van der Waals surface area contributed by atoms with Crippen molar-refractivity contribution in [3.8, 4) is 11.5 Å². The summed E-state index contributed by atoms with van der Waals surface area (Å²) in [7, 11) is 1.50. The second kappa shape index (κ2) is 6.71. The lowest BCUT2D eigenvalue weighted by atomic mass is 10.1. The Hall–Kier alpha value is -3.02. The summed E-state index contributed by atoms with van der Waals surface area (Å²) in [5.41, 5.74) is 2.73. The van der Waals surface area contributed by atoms with Crippen molar-refractivity contribution in [2.45, 2.75) is 25.3 Å². The number of likely N-dealkylation sites (tertiary alicyclic amines) is 1. The molecule has 2 N–H and O–H groups in total. The van der Waals surface area contributed by atoms with Crippen LogP contribution in [0.1, 0.15) is 30.3 Å². The molecule has 0 radical (unpaired) electrons. The van der Waals surface area contributed by atoms with E-state index >= 15 is 0 Å². The molecule has 1 aliphatic heterocycles. The van der Waals surface area contributed by atoms with Gasteiger partial charge in [-0.2, -0.15) is 0 Å². The van der Waals surface area contributed by atoms with Crippen LogP contribution in [0.5, 0.6) is 11.5 Å². The largest absolute Gasteiger partial charge is 0.504 e. The number of aromatic hydroxyl groups is 1. The molecule has 26 heavy (non-hydrogen) atoms. The lowest BCUT2D eigenvalue weighted by molar-refractivity contribution is -0.131. The van der Waals surface area contributed by atoms with E-state index in [1.54, 1.807) is 18.2 Å². The smallest absolute Gasteiger partial charge is 0.227 e. The first-order valence-corrected chi connectivity index (χ1v) is 8.75. The van der Waals surface area contributed by atoms with Gasteiger partial charge < -0.3 is 19.7 Å². The van der Waals surface area contributed by atoms with Crippen LogP contribution in [0.25, 0.3) is 11.0 Å². The van der Waals surface area contributed by atoms with E-state index in [9.17, 15) is 9.90 Å². The van der Waals surface area contributed by atoms with E-state index in [2.05, 4.69) is 9.97 Å². The molecular formula is C20H21N3O3. The number of para-hydroxylation sites is 2. The number of amides is 1. The Morgan fingerprint density at radius 2 is 2.19 bits per heavy atom. The summed E-state index contributed by atoms with van der Waals surface area (Å²) < 4.78 is 5.13. The van der Waals surface area contributed by atoms with Crippen molar-refractivity contribution in [2.75, 3.05) is 13.7 Å². The van der Waals surface area contributed by atoms with Crippen LogP contribution in [0.4, 0.5) is 0 Å². The van der Waals surface area contributed by atoms with Gasteiger partial charge >= 0.3 is 0 Å². The quantitative estimate of drug-likeness (QED) is 0.757. The van der Waals surface area contributed by atoms with E-state index in [1.807, 2.05) is 29.2 Å². The molecule has 2 aromatic carbocycles. The fourth-order valence-electron chi connectivity index (χ4n) is 3.59. The molecule has 1 aromatic heterocycles. The van der Waals surface area contributed by atoms with E-state index in [1.165, 1.54) is 7.11 Å². The highest BCUT2D eigenvalue weighted by Gasteiger charge is 2.32. The van der Waals surface area contributed by atoms with Gasteiger partial charge in [0, 0.05) is 6.54 Å². The van der Waals surface area contributed by atoms with Gasteiger partial charge in [0.15, 0.2) is 11.5 Å². The van der Waals surface area contributed by atoms with Gasteiger partial charge in [0.05, 0.1) is 30.6 Å². The normalized spacial score (nSPS) is 17.0. The van der Waals surface area contributed by atoms with Crippen LogP contribution in [-0.4, -0.2) is 39.5 Å². The maximum atomic E-state index is 12.9. The maximum absolute atomic E-state index is 12.9. The van der Waals surface area contributed by atoms with Crippen LogP contribution in [0.2, 0.25) is 0 Å². The number of fused-ring (bicyclic) bond motifs is 1. The number of aromatic amines is 1. The number of ether oxygens (including phenoxy) is 1. The van der Waals surface area contributed by atoms with Crippen molar-refractivity contribution in [3.05, 3.63) is 53.9 Å². The predicted octanol–water partition coefficient (Wildman–Crippen LogP) is 3.18. The molecule has 1 atom stereocenters. The average molecular weight is 351 g/mol. The van der Waals surface area contributed by atoms with Crippen molar-refractivity contribution < 1.29 is 14.6 Å². The summed E-state index contributed by atoms with van der Waals surface area (Å²) in [4.78, 5) is 22.8. The molecule has 0 spiro atoms. The maximum Gasteiger partial charge on any atom is 0.227 e. The van der Waals surface area contributed by atoms with Crippen LogP contribution in [0.3, 0.4) is 0 Å². The van der Waals surface area contributed by atoms with E-state index < -0.39 is 0 Å². The fraction of sp³-hybridized carbons (Fsp3) is 0.300. The molecule has 4 rings (SSSR count). The summed E-state index contributed by atoms with van der Waals surface area (Å²) in [6.07, 6.45) is 2.14. The molecule has 1 saturated heterocycles. The van der Waals surface area contributed by atoms with Gasteiger partial charge in [0.2, 0.25) is 5.91 Å². The molecular weight excluding hydrogens is 330 g/mol. The van der Waals surface area contributed by atoms with E-state index in [4.69, 9.17) is 4.74 Å². The van der Waals surface area contributed by atoms with Crippen LogP contribution in [0, 0.1) is 0 Å². The van der Waals surface area contributed by atoms with Crippen LogP contribution in [0.15, 0.2) is 42.5 Å². The number of rotatable bonds is 4. The number of carbonyl (C=O) groups excluding carboxylic acids is 1. The minimum Gasteiger partial charge on any atom is -0.504 e. The average Bonchev–Trinajstić information content (AvgIpc) is 3.29. The molecule has 6 heteroatoms. The first-order valence-electron chi connectivity index (χ1n) is 8.75. The van der Waals surface area contributed by atoms with Gasteiger partial charge in [-0.15, -0.1) is 0 Å². The molecule has 134 valence electrons.